The van der Waals surface area contributed by atoms with E-state index < -0.39 is 5.60 Å². The third kappa shape index (κ3) is 7.17. The molecule has 0 spiro atoms. The molecular formula is C26H32FN3O5. The molecule has 0 aliphatic carbocycles. The molecule has 0 bridgehead atoms. The molecule has 188 valence electrons. The van der Waals surface area contributed by atoms with Crippen molar-refractivity contribution in [2.45, 2.75) is 25.6 Å². The Hall–Kier alpha value is -3.14. The number of methoxy groups -OCH3 is 1. The fraction of sp³-hybridized carbons (Fsp3) is 0.423. The van der Waals surface area contributed by atoms with E-state index in [1.54, 1.807) is 19.2 Å². The van der Waals surface area contributed by atoms with Crippen LogP contribution in [-0.2, 0) is 17.8 Å². The number of benzene rings is 2. The number of β-amino-alcohol motifs (C(OH)–C–C–N with tert-alkyl or cyclic N) is 1. The Balaban J connectivity index is 1.34. The third-order valence-corrected chi connectivity index (χ3v) is 5.74. The molecule has 2 heterocycles. The molecule has 1 saturated heterocycles. The summed E-state index contributed by atoms with van der Waals surface area (Å²) in [7, 11) is 1.62. The summed E-state index contributed by atoms with van der Waals surface area (Å²) in [6, 6.07) is 11.6. The van der Waals surface area contributed by atoms with Gasteiger partial charge in [0.1, 0.15) is 30.4 Å². The van der Waals surface area contributed by atoms with E-state index in [1.165, 1.54) is 12.1 Å². The number of ether oxygens (including phenoxy) is 4. The highest BCUT2D eigenvalue weighted by molar-refractivity contribution is 5.43. The first-order chi connectivity index (χ1) is 16.9. The number of aliphatic hydroxyl groups is 1. The Kier molecular flexibility index (Phi) is 8.22. The van der Waals surface area contributed by atoms with Gasteiger partial charge >= 0.3 is 0 Å². The van der Waals surface area contributed by atoms with Crippen LogP contribution >= 0.6 is 0 Å². The van der Waals surface area contributed by atoms with Crippen LogP contribution in [0.3, 0.4) is 0 Å². The van der Waals surface area contributed by atoms with Crippen LogP contribution < -0.4 is 14.2 Å². The van der Waals surface area contributed by atoms with Gasteiger partial charge in [-0.1, -0.05) is 6.07 Å². The lowest BCUT2D eigenvalue weighted by atomic mass is 10.1. The number of halogens is 1. The minimum atomic E-state index is -1.19. The third-order valence-electron chi connectivity index (χ3n) is 5.74. The van der Waals surface area contributed by atoms with E-state index in [2.05, 4.69) is 10.00 Å². The minimum Gasteiger partial charge on any atom is -0.493 e. The Bertz CT molecular complexity index is 1090. The standard InChI is InChI=1S/C26H32FN3O5/c1-20-14-28-30(15-20)10-12-34-24-8-3-21(13-25(24)32-2)16-29-9-11-33-18-26(31,17-29)19-35-23-6-4-22(27)5-7-23/h3-8,13-15,31H,9-12,16-19H2,1-2H3. The average Bonchev–Trinajstić information content (AvgIpc) is 3.17. The molecule has 1 aliphatic rings. The van der Waals surface area contributed by atoms with Crippen molar-refractivity contribution in [2.75, 3.05) is 46.6 Å². The SMILES string of the molecule is COc1cc(CN2CCOCC(O)(COc3ccc(F)cc3)C2)ccc1OCCn1cc(C)cn1. The lowest BCUT2D eigenvalue weighted by molar-refractivity contribution is -0.0646. The molecule has 0 saturated carbocycles. The topological polar surface area (TPSA) is 78.2 Å². The normalized spacial score (nSPS) is 18.7. The van der Waals surface area contributed by atoms with Crippen molar-refractivity contribution in [3.8, 4) is 17.2 Å². The summed E-state index contributed by atoms with van der Waals surface area (Å²) in [5, 5.41) is 15.4. The predicted octanol–water partition coefficient (Wildman–Crippen LogP) is 3.06. The summed E-state index contributed by atoms with van der Waals surface area (Å²) >= 11 is 0. The van der Waals surface area contributed by atoms with Crippen LogP contribution in [0.15, 0.2) is 54.9 Å². The zero-order valence-electron chi connectivity index (χ0n) is 20.2. The number of hydrogen-bond donors (Lipinski definition) is 1. The van der Waals surface area contributed by atoms with E-state index in [0.29, 0.717) is 56.6 Å². The van der Waals surface area contributed by atoms with Gasteiger partial charge in [-0.15, -0.1) is 0 Å². The predicted molar refractivity (Wildman–Crippen MR) is 128 cm³/mol. The van der Waals surface area contributed by atoms with Crippen LogP contribution in [0.2, 0.25) is 0 Å². The number of rotatable bonds is 10. The molecular weight excluding hydrogens is 453 g/mol. The van der Waals surface area contributed by atoms with Crippen LogP contribution in [0, 0.1) is 12.7 Å². The highest BCUT2D eigenvalue weighted by Gasteiger charge is 2.33. The second kappa shape index (κ2) is 11.5. The van der Waals surface area contributed by atoms with E-state index in [4.69, 9.17) is 18.9 Å². The summed E-state index contributed by atoms with van der Waals surface area (Å²) in [5.74, 6) is 1.49. The fourth-order valence-corrected chi connectivity index (χ4v) is 3.99. The summed E-state index contributed by atoms with van der Waals surface area (Å²) in [4.78, 5) is 2.12. The highest BCUT2D eigenvalue weighted by Crippen LogP contribution is 2.29. The van der Waals surface area contributed by atoms with Crippen molar-refractivity contribution in [2.24, 2.45) is 0 Å². The smallest absolute Gasteiger partial charge is 0.161 e. The number of hydrogen-bond acceptors (Lipinski definition) is 7. The van der Waals surface area contributed by atoms with Gasteiger partial charge in [-0.25, -0.2) is 4.39 Å². The molecule has 0 amide bonds. The van der Waals surface area contributed by atoms with E-state index >= 15 is 0 Å². The largest absolute Gasteiger partial charge is 0.493 e. The Morgan fingerprint density at radius 1 is 1.14 bits per heavy atom. The lowest BCUT2D eigenvalue weighted by Crippen LogP contribution is -2.48. The van der Waals surface area contributed by atoms with Gasteiger partial charge in [-0.05, 0) is 54.4 Å². The Morgan fingerprint density at radius 2 is 1.97 bits per heavy atom. The van der Waals surface area contributed by atoms with Crippen LogP contribution in [0.25, 0.3) is 0 Å². The van der Waals surface area contributed by atoms with Gasteiger partial charge in [0, 0.05) is 25.8 Å². The molecule has 35 heavy (non-hydrogen) atoms. The van der Waals surface area contributed by atoms with Crippen LogP contribution in [0.4, 0.5) is 4.39 Å². The van der Waals surface area contributed by atoms with Gasteiger partial charge in [0.2, 0.25) is 0 Å². The number of nitrogens with zero attached hydrogens (tertiary/aromatic N) is 3. The molecule has 1 N–H and O–H groups in total. The molecule has 3 aromatic rings. The van der Waals surface area contributed by atoms with E-state index in [9.17, 15) is 9.50 Å². The second-order valence-electron chi connectivity index (χ2n) is 8.84. The molecule has 1 atom stereocenters. The molecule has 0 radical (unpaired) electrons. The number of aromatic nitrogens is 2. The van der Waals surface area contributed by atoms with Gasteiger partial charge in [0.25, 0.3) is 0 Å². The van der Waals surface area contributed by atoms with Crippen LogP contribution in [-0.4, -0.2) is 72.0 Å². The quantitative estimate of drug-likeness (QED) is 0.473. The van der Waals surface area contributed by atoms with Gasteiger partial charge in [0.05, 0.1) is 33.1 Å². The summed E-state index contributed by atoms with van der Waals surface area (Å²) in [5.41, 5.74) is 0.948. The highest BCUT2D eigenvalue weighted by atomic mass is 19.1. The molecule has 1 aliphatic heterocycles. The molecule has 8 nitrogen and oxygen atoms in total. The molecule has 1 fully saturated rings. The van der Waals surface area contributed by atoms with Crippen molar-refractivity contribution in [3.05, 3.63) is 71.8 Å². The lowest BCUT2D eigenvalue weighted by Gasteiger charge is -2.30. The maximum Gasteiger partial charge on any atom is 0.161 e. The van der Waals surface area contributed by atoms with E-state index in [0.717, 1.165) is 11.1 Å². The van der Waals surface area contributed by atoms with Crippen molar-refractivity contribution < 1.29 is 28.4 Å². The first-order valence-electron chi connectivity index (χ1n) is 11.6. The molecule has 2 aromatic carbocycles. The first kappa shape index (κ1) is 25.0. The van der Waals surface area contributed by atoms with E-state index in [1.807, 2.05) is 42.2 Å². The van der Waals surface area contributed by atoms with Gasteiger partial charge in [-0.2, -0.15) is 5.10 Å². The van der Waals surface area contributed by atoms with Crippen LogP contribution in [0.1, 0.15) is 11.1 Å². The molecule has 9 heteroatoms. The summed E-state index contributed by atoms with van der Waals surface area (Å²) in [6.45, 7) is 5.47. The molecule has 1 unspecified atom stereocenters. The van der Waals surface area contributed by atoms with Gasteiger partial charge in [0.15, 0.2) is 11.5 Å². The van der Waals surface area contributed by atoms with Crippen molar-refractivity contribution in [1.29, 1.82) is 0 Å². The average molecular weight is 486 g/mol. The summed E-state index contributed by atoms with van der Waals surface area (Å²) in [6.07, 6.45) is 3.79. The van der Waals surface area contributed by atoms with Crippen molar-refractivity contribution >= 4 is 0 Å². The zero-order chi connectivity index (χ0) is 24.7. The first-order valence-corrected chi connectivity index (χ1v) is 11.6. The van der Waals surface area contributed by atoms with Gasteiger partial charge in [-0.3, -0.25) is 9.58 Å². The Morgan fingerprint density at radius 3 is 2.71 bits per heavy atom. The fourth-order valence-electron chi connectivity index (χ4n) is 3.99. The molecule has 4 rings (SSSR count). The van der Waals surface area contributed by atoms with Gasteiger partial charge < -0.3 is 24.1 Å². The summed E-state index contributed by atoms with van der Waals surface area (Å²) < 4.78 is 37.8. The second-order valence-corrected chi connectivity index (χ2v) is 8.84. The number of aryl methyl sites for hydroxylation is 1. The maximum absolute atomic E-state index is 13.1. The monoisotopic (exact) mass is 485 g/mol. The zero-order valence-corrected chi connectivity index (χ0v) is 20.2. The van der Waals surface area contributed by atoms with E-state index in [-0.39, 0.29) is 19.0 Å². The van der Waals surface area contributed by atoms with Crippen molar-refractivity contribution in [1.82, 2.24) is 14.7 Å². The minimum absolute atomic E-state index is 0.0427. The molecule has 1 aromatic heterocycles. The Labute approximate surface area is 204 Å². The van der Waals surface area contributed by atoms with Crippen molar-refractivity contribution in [3.63, 3.8) is 0 Å². The maximum atomic E-state index is 13.1. The van der Waals surface area contributed by atoms with Crippen LogP contribution in [0.5, 0.6) is 17.2 Å².